The van der Waals surface area contributed by atoms with Crippen molar-refractivity contribution in [2.24, 2.45) is 0 Å². The van der Waals surface area contributed by atoms with Gasteiger partial charge in [0, 0.05) is 24.2 Å². The number of nitrogen functional groups attached to an aromatic ring is 1. The molecule has 2 aromatic rings. The van der Waals surface area contributed by atoms with Crippen LogP contribution in [0.2, 0.25) is 0 Å². The molecule has 0 radical (unpaired) electrons. The van der Waals surface area contributed by atoms with Gasteiger partial charge in [-0.3, -0.25) is 0 Å². The van der Waals surface area contributed by atoms with Gasteiger partial charge < -0.3 is 5.73 Å². The van der Waals surface area contributed by atoms with E-state index in [4.69, 9.17) is 5.73 Å². The van der Waals surface area contributed by atoms with Crippen molar-refractivity contribution in [1.29, 1.82) is 0 Å². The van der Waals surface area contributed by atoms with Gasteiger partial charge in [-0.05, 0) is 54.0 Å². The first kappa shape index (κ1) is 15.3. The predicted octanol–water partition coefficient (Wildman–Crippen LogP) is 2.96. The number of benzene rings is 1. The Kier molecular flexibility index (Phi) is 4.44. The second-order valence-electron chi connectivity index (χ2n) is 4.87. The monoisotopic (exact) mass is 299 g/mol. The minimum Gasteiger partial charge on any atom is -0.399 e. The molecule has 0 saturated carbocycles. The highest BCUT2D eigenvalue weighted by Gasteiger charge is 2.26. The lowest BCUT2D eigenvalue weighted by Crippen LogP contribution is -2.09. The molecule has 0 spiro atoms. The zero-order chi connectivity index (χ0) is 15.5. The third-order valence-corrected chi connectivity index (χ3v) is 3.10. The molecule has 0 aliphatic rings. The number of halogens is 3. The summed E-state index contributed by atoms with van der Waals surface area (Å²) in [4.78, 5) is 0. The van der Waals surface area contributed by atoms with Crippen molar-refractivity contribution in [2.75, 3.05) is 5.73 Å². The molecule has 0 aliphatic heterocycles. The fraction of sp³-hybridized carbons (Fsp3) is 0.462. The van der Waals surface area contributed by atoms with E-state index in [-0.39, 0.29) is 6.42 Å². The quantitative estimate of drug-likeness (QED) is 0.680. The molecule has 1 aromatic heterocycles. The average molecular weight is 299 g/mol. The van der Waals surface area contributed by atoms with E-state index >= 15 is 0 Å². The topological polar surface area (TPSA) is 69.6 Å². The Balaban J connectivity index is 2.05. The van der Waals surface area contributed by atoms with Crippen LogP contribution in [0.15, 0.2) is 18.2 Å². The maximum atomic E-state index is 12.1. The second kappa shape index (κ2) is 6.11. The number of alkyl halides is 3. The molecule has 1 heterocycles. The maximum absolute atomic E-state index is 12.1. The second-order valence-corrected chi connectivity index (χ2v) is 4.87. The fourth-order valence-electron chi connectivity index (χ4n) is 2.07. The Bertz CT molecular complexity index is 606. The van der Waals surface area contributed by atoms with Crippen molar-refractivity contribution in [3.05, 3.63) is 23.8 Å². The Morgan fingerprint density at radius 3 is 2.67 bits per heavy atom. The van der Waals surface area contributed by atoms with Gasteiger partial charge in [-0.15, -0.1) is 5.10 Å². The standard InChI is InChI=1S/C13H16F3N5/c1-9-8-10(17)4-5-11(9)12-18-19-20-21(12)7-3-2-6-13(14,15)16/h4-5,8H,2-3,6-7,17H2,1H3. The summed E-state index contributed by atoms with van der Waals surface area (Å²) in [5.41, 5.74) is 8.07. The Labute approximate surface area is 119 Å². The SMILES string of the molecule is Cc1cc(N)ccc1-c1nnnn1CCCCC(F)(F)F. The molecule has 5 nitrogen and oxygen atoms in total. The number of rotatable bonds is 5. The van der Waals surface area contributed by atoms with E-state index in [1.807, 2.05) is 13.0 Å². The number of aromatic nitrogens is 4. The number of unbranched alkanes of at least 4 members (excludes halogenated alkanes) is 1. The molecule has 0 atom stereocenters. The number of nitrogens with zero attached hydrogens (tertiary/aromatic N) is 4. The molecule has 21 heavy (non-hydrogen) atoms. The molecular formula is C13H16F3N5. The van der Waals surface area contributed by atoms with Crippen LogP contribution in [0.1, 0.15) is 24.8 Å². The Hall–Kier alpha value is -2.12. The molecule has 0 aliphatic carbocycles. The fourth-order valence-corrected chi connectivity index (χ4v) is 2.07. The highest BCUT2D eigenvalue weighted by Crippen LogP contribution is 2.24. The minimum absolute atomic E-state index is 0.0590. The number of hydrogen-bond donors (Lipinski definition) is 1. The van der Waals surface area contributed by atoms with E-state index in [0.717, 1.165) is 11.1 Å². The lowest BCUT2D eigenvalue weighted by molar-refractivity contribution is -0.135. The van der Waals surface area contributed by atoms with Crippen LogP contribution in [0.25, 0.3) is 11.4 Å². The maximum Gasteiger partial charge on any atom is 0.389 e. The summed E-state index contributed by atoms with van der Waals surface area (Å²) in [6.45, 7) is 2.23. The van der Waals surface area contributed by atoms with Crippen LogP contribution >= 0.6 is 0 Å². The van der Waals surface area contributed by atoms with Crippen LogP contribution in [0.4, 0.5) is 18.9 Å². The third-order valence-electron chi connectivity index (χ3n) is 3.10. The van der Waals surface area contributed by atoms with E-state index < -0.39 is 12.6 Å². The molecule has 8 heteroatoms. The highest BCUT2D eigenvalue weighted by molar-refractivity contribution is 5.63. The summed E-state index contributed by atoms with van der Waals surface area (Å²) in [6, 6.07) is 5.35. The van der Waals surface area contributed by atoms with Gasteiger partial charge in [-0.25, -0.2) is 4.68 Å². The first-order chi connectivity index (χ1) is 9.87. The van der Waals surface area contributed by atoms with E-state index in [0.29, 0.717) is 24.5 Å². The average Bonchev–Trinajstić information content (AvgIpc) is 2.82. The minimum atomic E-state index is -4.11. The molecule has 2 N–H and O–H groups in total. The predicted molar refractivity (Wildman–Crippen MR) is 72.3 cm³/mol. The Morgan fingerprint density at radius 2 is 2.00 bits per heavy atom. The summed E-state index contributed by atoms with van der Waals surface area (Å²) in [5, 5.41) is 11.4. The van der Waals surface area contributed by atoms with Gasteiger partial charge in [0.1, 0.15) is 0 Å². The molecule has 2 rings (SSSR count). The van der Waals surface area contributed by atoms with E-state index in [1.54, 1.807) is 12.1 Å². The molecular weight excluding hydrogens is 283 g/mol. The largest absolute Gasteiger partial charge is 0.399 e. The number of aryl methyl sites for hydroxylation is 2. The first-order valence-corrected chi connectivity index (χ1v) is 6.56. The lowest BCUT2D eigenvalue weighted by Gasteiger charge is -2.08. The van der Waals surface area contributed by atoms with Gasteiger partial charge in [0.05, 0.1) is 0 Å². The third kappa shape index (κ3) is 4.17. The van der Waals surface area contributed by atoms with Crippen molar-refractivity contribution < 1.29 is 13.2 Å². The first-order valence-electron chi connectivity index (χ1n) is 6.56. The molecule has 0 unspecified atom stereocenters. The van der Waals surface area contributed by atoms with Crippen LogP contribution in [0.3, 0.4) is 0 Å². The van der Waals surface area contributed by atoms with Gasteiger partial charge in [-0.2, -0.15) is 13.2 Å². The zero-order valence-electron chi connectivity index (χ0n) is 11.6. The van der Waals surface area contributed by atoms with Crippen molar-refractivity contribution >= 4 is 5.69 Å². The molecule has 1 aromatic carbocycles. The summed E-state index contributed by atoms with van der Waals surface area (Å²) in [5.74, 6) is 0.541. The molecule has 0 bridgehead atoms. The normalized spacial score (nSPS) is 11.8. The van der Waals surface area contributed by atoms with E-state index in [9.17, 15) is 13.2 Å². The van der Waals surface area contributed by atoms with Crippen LogP contribution in [-0.2, 0) is 6.54 Å². The van der Waals surface area contributed by atoms with Gasteiger partial charge in [-0.1, -0.05) is 0 Å². The number of nitrogens with two attached hydrogens (primary N) is 1. The molecule has 0 saturated heterocycles. The highest BCUT2D eigenvalue weighted by atomic mass is 19.4. The van der Waals surface area contributed by atoms with Gasteiger partial charge in [0.25, 0.3) is 0 Å². The van der Waals surface area contributed by atoms with E-state index in [2.05, 4.69) is 15.5 Å². The van der Waals surface area contributed by atoms with Crippen LogP contribution in [-0.4, -0.2) is 26.4 Å². The van der Waals surface area contributed by atoms with Crippen molar-refractivity contribution in [3.63, 3.8) is 0 Å². The van der Waals surface area contributed by atoms with Crippen LogP contribution in [0, 0.1) is 6.92 Å². The van der Waals surface area contributed by atoms with Gasteiger partial charge in [0.15, 0.2) is 5.82 Å². The van der Waals surface area contributed by atoms with Crippen LogP contribution in [0.5, 0.6) is 0 Å². The lowest BCUT2D eigenvalue weighted by atomic mass is 10.1. The van der Waals surface area contributed by atoms with Crippen LogP contribution < -0.4 is 5.73 Å². The number of anilines is 1. The van der Waals surface area contributed by atoms with Crippen molar-refractivity contribution in [3.8, 4) is 11.4 Å². The zero-order valence-corrected chi connectivity index (χ0v) is 11.6. The smallest absolute Gasteiger partial charge is 0.389 e. The van der Waals surface area contributed by atoms with Crippen molar-refractivity contribution in [1.82, 2.24) is 20.2 Å². The Morgan fingerprint density at radius 1 is 1.24 bits per heavy atom. The molecule has 0 amide bonds. The molecule has 0 fully saturated rings. The van der Waals surface area contributed by atoms with Crippen molar-refractivity contribution in [2.45, 2.75) is 38.9 Å². The van der Waals surface area contributed by atoms with E-state index in [1.165, 1.54) is 4.68 Å². The summed E-state index contributed by atoms with van der Waals surface area (Å²) < 4.78 is 37.8. The number of tetrazole rings is 1. The molecule has 114 valence electrons. The van der Waals surface area contributed by atoms with Gasteiger partial charge >= 0.3 is 6.18 Å². The summed E-state index contributed by atoms with van der Waals surface area (Å²) >= 11 is 0. The summed E-state index contributed by atoms with van der Waals surface area (Å²) in [7, 11) is 0. The number of hydrogen-bond acceptors (Lipinski definition) is 4. The van der Waals surface area contributed by atoms with Gasteiger partial charge in [0.2, 0.25) is 0 Å². The summed E-state index contributed by atoms with van der Waals surface area (Å²) in [6.07, 6.45) is -4.47.